The van der Waals surface area contributed by atoms with E-state index in [1.54, 1.807) is 11.3 Å². The number of aromatic nitrogens is 1. The van der Waals surface area contributed by atoms with Crippen LogP contribution in [0.25, 0.3) is 10.8 Å². The van der Waals surface area contributed by atoms with Gasteiger partial charge in [-0.2, -0.15) is 0 Å². The molecular formula is C9H9NOS. The molecule has 0 spiro atoms. The highest BCUT2D eigenvalue weighted by Gasteiger charge is 2.07. The van der Waals surface area contributed by atoms with Crippen molar-refractivity contribution in [2.75, 3.05) is 0 Å². The normalized spacial score (nSPS) is 10.5. The van der Waals surface area contributed by atoms with E-state index in [2.05, 4.69) is 4.98 Å². The molecule has 0 amide bonds. The molecular weight excluding hydrogens is 170 g/mol. The Balaban J connectivity index is 2.48. The molecule has 0 aliphatic heterocycles. The molecule has 62 valence electrons. The van der Waals surface area contributed by atoms with Crippen molar-refractivity contribution in [1.82, 2.24) is 4.98 Å². The van der Waals surface area contributed by atoms with Gasteiger partial charge >= 0.3 is 0 Å². The molecule has 0 bridgehead atoms. The van der Waals surface area contributed by atoms with Crippen LogP contribution < -0.4 is 0 Å². The van der Waals surface area contributed by atoms with Gasteiger partial charge in [-0.05, 0) is 25.3 Å². The van der Waals surface area contributed by atoms with Crippen molar-refractivity contribution in [1.29, 1.82) is 0 Å². The summed E-state index contributed by atoms with van der Waals surface area (Å²) in [6.07, 6.45) is 0. The molecule has 0 aromatic carbocycles. The highest BCUT2D eigenvalue weighted by molar-refractivity contribution is 7.13. The summed E-state index contributed by atoms with van der Waals surface area (Å²) in [5.74, 6) is 1.64. The van der Waals surface area contributed by atoms with Gasteiger partial charge in [0.2, 0.25) is 5.89 Å². The van der Waals surface area contributed by atoms with Gasteiger partial charge in [-0.15, -0.1) is 11.3 Å². The Bertz CT molecular complexity index is 356. The number of rotatable bonds is 1. The van der Waals surface area contributed by atoms with E-state index in [0.29, 0.717) is 0 Å². The highest BCUT2D eigenvalue weighted by Crippen LogP contribution is 2.25. The number of thiophene rings is 1. The summed E-state index contributed by atoms with van der Waals surface area (Å²) in [7, 11) is 0. The quantitative estimate of drug-likeness (QED) is 0.672. The molecule has 0 radical (unpaired) electrons. The van der Waals surface area contributed by atoms with Crippen molar-refractivity contribution in [3.8, 4) is 10.8 Å². The standard InChI is InChI=1S/C9H9NOS/c1-6-7(2)11-9(10-6)8-4-3-5-12-8/h3-5H,1-2H3. The second kappa shape index (κ2) is 2.75. The number of hydrogen-bond acceptors (Lipinski definition) is 3. The van der Waals surface area contributed by atoms with Gasteiger partial charge in [0.05, 0.1) is 10.6 Å². The van der Waals surface area contributed by atoms with Crippen molar-refractivity contribution in [3.63, 3.8) is 0 Å². The first kappa shape index (κ1) is 7.55. The molecule has 0 saturated heterocycles. The largest absolute Gasteiger partial charge is 0.440 e. The van der Waals surface area contributed by atoms with E-state index >= 15 is 0 Å². The maximum Gasteiger partial charge on any atom is 0.236 e. The highest BCUT2D eigenvalue weighted by atomic mass is 32.1. The first-order chi connectivity index (χ1) is 5.77. The van der Waals surface area contributed by atoms with Crippen molar-refractivity contribution in [2.45, 2.75) is 13.8 Å². The molecule has 0 aliphatic rings. The summed E-state index contributed by atoms with van der Waals surface area (Å²) in [6, 6.07) is 4.00. The Kier molecular flexibility index (Phi) is 1.73. The zero-order chi connectivity index (χ0) is 8.55. The Labute approximate surface area is 74.9 Å². The predicted molar refractivity (Wildman–Crippen MR) is 49.3 cm³/mol. The van der Waals surface area contributed by atoms with E-state index in [1.807, 2.05) is 31.4 Å². The smallest absolute Gasteiger partial charge is 0.236 e. The van der Waals surface area contributed by atoms with Crippen LogP contribution in [0.5, 0.6) is 0 Å². The molecule has 0 fully saturated rings. The fraction of sp³-hybridized carbons (Fsp3) is 0.222. The molecule has 2 nitrogen and oxygen atoms in total. The van der Waals surface area contributed by atoms with E-state index in [1.165, 1.54) is 0 Å². The first-order valence-corrected chi connectivity index (χ1v) is 4.63. The topological polar surface area (TPSA) is 26.0 Å². The summed E-state index contributed by atoms with van der Waals surface area (Å²) in [5, 5.41) is 2.02. The van der Waals surface area contributed by atoms with Crippen molar-refractivity contribution < 1.29 is 4.42 Å². The monoisotopic (exact) mass is 179 g/mol. The van der Waals surface area contributed by atoms with Crippen LogP contribution in [0.1, 0.15) is 11.5 Å². The molecule has 0 atom stereocenters. The molecule has 2 aromatic rings. The minimum atomic E-state index is 0.736. The van der Waals surface area contributed by atoms with Gasteiger partial charge in [0.1, 0.15) is 5.76 Å². The van der Waals surface area contributed by atoms with Gasteiger partial charge in [0, 0.05) is 0 Å². The lowest BCUT2D eigenvalue weighted by molar-refractivity contribution is 0.542. The van der Waals surface area contributed by atoms with Crippen LogP contribution in [0.3, 0.4) is 0 Å². The number of oxazole rings is 1. The second-order valence-electron chi connectivity index (χ2n) is 2.64. The lowest BCUT2D eigenvalue weighted by Gasteiger charge is -1.84. The molecule has 3 heteroatoms. The van der Waals surface area contributed by atoms with Crippen LogP contribution in [0.2, 0.25) is 0 Å². The van der Waals surface area contributed by atoms with Crippen molar-refractivity contribution in [3.05, 3.63) is 29.0 Å². The average molecular weight is 179 g/mol. The molecule has 12 heavy (non-hydrogen) atoms. The Morgan fingerprint density at radius 1 is 1.42 bits per heavy atom. The third-order valence-electron chi connectivity index (χ3n) is 1.76. The summed E-state index contributed by atoms with van der Waals surface area (Å²) < 4.78 is 5.46. The van der Waals surface area contributed by atoms with E-state index in [-0.39, 0.29) is 0 Å². The molecule has 0 saturated carbocycles. The minimum Gasteiger partial charge on any atom is -0.440 e. The molecule has 2 rings (SSSR count). The lowest BCUT2D eigenvalue weighted by atomic mass is 10.4. The van der Waals surface area contributed by atoms with Crippen LogP contribution in [-0.4, -0.2) is 4.98 Å². The zero-order valence-corrected chi connectivity index (χ0v) is 7.81. The zero-order valence-electron chi connectivity index (χ0n) is 7.00. The number of nitrogens with zero attached hydrogens (tertiary/aromatic N) is 1. The summed E-state index contributed by atoms with van der Waals surface area (Å²) in [6.45, 7) is 3.88. The molecule has 2 aromatic heterocycles. The number of aryl methyl sites for hydroxylation is 2. The molecule has 0 N–H and O–H groups in total. The fourth-order valence-electron chi connectivity index (χ4n) is 0.978. The van der Waals surface area contributed by atoms with E-state index in [0.717, 1.165) is 22.2 Å². The van der Waals surface area contributed by atoms with E-state index in [9.17, 15) is 0 Å². The maximum atomic E-state index is 5.46. The maximum absolute atomic E-state index is 5.46. The SMILES string of the molecule is Cc1nc(-c2cccs2)oc1C. The fourth-order valence-corrected chi connectivity index (χ4v) is 1.63. The van der Waals surface area contributed by atoms with Crippen LogP contribution in [0, 0.1) is 13.8 Å². The first-order valence-electron chi connectivity index (χ1n) is 3.75. The molecule has 2 heterocycles. The summed E-state index contributed by atoms with van der Waals surface area (Å²) in [5.41, 5.74) is 0.971. The van der Waals surface area contributed by atoms with Gasteiger partial charge in [-0.25, -0.2) is 4.98 Å². The number of hydrogen-bond donors (Lipinski definition) is 0. The van der Waals surface area contributed by atoms with Crippen LogP contribution in [0.4, 0.5) is 0 Å². The van der Waals surface area contributed by atoms with Crippen molar-refractivity contribution in [2.24, 2.45) is 0 Å². The van der Waals surface area contributed by atoms with Gasteiger partial charge in [0.15, 0.2) is 0 Å². The van der Waals surface area contributed by atoms with E-state index < -0.39 is 0 Å². The van der Waals surface area contributed by atoms with Crippen LogP contribution in [-0.2, 0) is 0 Å². The van der Waals surface area contributed by atoms with Crippen molar-refractivity contribution >= 4 is 11.3 Å². The molecule has 0 aliphatic carbocycles. The minimum absolute atomic E-state index is 0.736. The third kappa shape index (κ3) is 1.16. The van der Waals surface area contributed by atoms with Gasteiger partial charge in [-0.3, -0.25) is 0 Å². The average Bonchev–Trinajstić information content (AvgIpc) is 2.61. The molecule has 0 unspecified atom stereocenters. The summed E-state index contributed by atoms with van der Waals surface area (Å²) in [4.78, 5) is 5.39. The Morgan fingerprint density at radius 3 is 2.75 bits per heavy atom. The van der Waals surface area contributed by atoms with Gasteiger partial charge in [0.25, 0.3) is 0 Å². The predicted octanol–water partition coefficient (Wildman–Crippen LogP) is 3.02. The lowest BCUT2D eigenvalue weighted by Crippen LogP contribution is -1.72. The Hall–Kier alpha value is -1.09. The summed E-state index contributed by atoms with van der Waals surface area (Å²) >= 11 is 1.64. The Morgan fingerprint density at radius 2 is 2.25 bits per heavy atom. The van der Waals surface area contributed by atoms with E-state index in [4.69, 9.17) is 4.42 Å². The third-order valence-corrected chi connectivity index (χ3v) is 2.62. The van der Waals surface area contributed by atoms with Crippen LogP contribution in [0.15, 0.2) is 21.9 Å². The van der Waals surface area contributed by atoms with Gasteiger partial charge < -0.3 is 4.42 Å². The van der Waals surface area contributed by atoms with Crippen LogP contribution >= 0.6 is 11.3 Å². The second-order valence-corrected chi connectivity index (χ2v) is 3.59. The van der Waals surface area contributed by atoms with Gasteiger partial charge in [-0.1, -0.05) is 6.07 Å².